The Balaban J connectivity index is 2.18. The molecular formula is C16H13NO5. The van der Waals surface area contributed by atoms with E-state index in [2.05, 4.69) is 5.32 Å². The number of rotatable bonds is 5. The van der Waals surface area contributed by atoms with E-state index < -0.39 is 18.3 Å². The van der Waals surface area contributed by atoms with Crippen molar-refractivity contribution >= 4 is 23.3 Å². The van der Waals surface area contributed by atoms with Gasteiger partial charge >= 0.3 is 5.97 Å². The van der Waals surface area contributed by atoms with Crippen molar-refractivity contribution in [3.8, 4) is 5.75 Å². The van der Waals surface area contributed by atoms with E-state index in [0.29, 0.717) is 5.56 Å². The van der Waals surface area contributed by atoms with Gasteiger partial charge in [-0.05, 0) is 18.2 Å². The first-order valence-corrected chi connectivity index (χ1v) is 6.42. The Morgan fingerprint density at radius 1 is 0.955 bits per heavy atom. The van der Waals surface area contributed by atoms with Crippen LogP contribution in [0.4, 0.5) is 5.69 Å². The number of hydrogen-bond donors (Lipinski definition) is 3. The van der Waals surface area contributed by atoms with Gasteiger partial charge in [-0.2, -0.15) is 0 Å². The molecule has 0 aliphatic rings. The van der Waals surface area contributed by atoms with Crippen molar-refractivity contribution in [3.63, 3.8) is 0 Å². The minimum atomic E-state index is -1.27. The van der Waals surface area contributed by atoms with Crippen molar-refractivity contribution in [3.05, 3.63) is 59.7 Å². The van der Waals surface area contributed by atoms with Crippen LogP contribution in [0.5, 0.6) is 5.75 Å². The molecule has 0 aliphatic carbocycles. The zero-order valence-corrected chi connectivity index (χ0v) is 11.4. The van der Waals surface area contributed by atoms with Gasteiger partial charge < -0.3 is 15.5 Å². The first-order valence-electron chi connectivity index (χ1n) is 6.42. The Labute approximate surface area is 126 Å². The van der Waals surface area contributed by atoms with Gasteiger partial charge in [0, 0.05) is 11.1 Å². The van der Waals surface area contributed by atoms with Crippen molar-refractivity contribution < 1.29 is 24.6 Å². The number of benzene rings is 2. The second kappa shape index (κ2) is 6.53. The monoisotopic (exact) mass is 299 g/mol. The van der Waals surface area contributed by atoms with E-state index in [9.17, 15) is 19.5 Å². The topological polar surface area (TPSA) is 104 Å². The van der Waals surface area contributed by atoms with E-state index in [1.807, 2.05) is 0 Å². The number of carboxylic acid groups (broad SMARTS) is 1. The maximum absolute atomic E-state index is 12.2. The quantitative estimate of drug-likeness (QED) is 0.445. The van der Waals surface area contributed by atoms with Gasteiger partial charge in [-0.1, -0.05) is 30.3 Å². The summed E-state index contributed by atoms with van der Waals surface area (Å²) in [5, 5.41) is 20.6. The molecular weight excluding hydrogens is 286 g/mol. The third kappa shape index (κ3) is 3.69. The van der Waals surface area contributed by atoms with Gasteiger partial charge in [0.25, 0.3) is 0 Å². The summed E-state index contributed by atoms with van der Waals surface area (Å²) in [6.45, 7) is 0. The number of aliphatic carboxylic acids is 1. The van der Waals surface area contributed by atoms with Crippen molar-refractivity contribution in [1.29, 1.82) is 0 Å². The van der Waals surface area contributed by atoms with Crippen molar-refractivity contribution in [2.45, 2.75) is 6.42 Å². The van der Waals surface area contributed by atoms with Crippen LogP contribution in [0.25, 0.3) is 0 Å². The highest BCUT2D eigenvalue weighted by molar-refractivity contribution is 6.10. The van der Waals surface area contributed by atoms with Crippen LogP contribution in [-0.4, -0.2) is 27.9 Å². The van der Waals surface area contributed by atoms with Crippen LogP contribution in [0.1, 0.15) is 22.3 Å². The fourth-order valence-corrected chi connectivity index (χ4v) is 1.87. The van der Waals surface area contributed by atoms with Crippen LogP contribution in [0.15, 0.2) is 48.5 Å². The summed E-state index contributed by atoms with van der Waals surface area (Å²) >= 11 is 0. The highest BCUT2D eigenvalue weighted by Crippen LogP contribution is 2.25. The molecule has 0 saturated carbocycles. The lowest BCUT2D eigenvalue weighted by Crippen LogP contribution is -2.16. The van der Waals surface area contributed by atoms with Crippen LogP contribution in [0, 0.1) is 0 Å². The molecule has 0 aliphatic heterocycles. The number of carbonyl (C=O) groups is 3. The van der Waals surface area contributed by atoms with E-state index in [4.69, 9.17) is 5.11 Å². The SMILES string of the molecule is O=C(O)CC(=O)Nc1ccc(C(=O)c2ccccc2)cc1O. The number of phenolic OH excluding ortho intramolecular Hbond substituents is 1. The number of aromatic hydroxyl groups is 1. The third-order valence-electron chi connectivity index (χ3n) is 2.88. The molecule has 6 heteroatoms. The molecule has 3 N–H and O–H groups in total. The maximum Gasteiger partial charge on any atom is 0.312 e. The third-order valence-corrected chi connectivity index (χ3v) is 2.88. The fourth-order valence-electron chi connectivity index (χ4n) is 1.87. The molecule has 0 radical (unpaired) electrons. The molecule has 0 spiro atoms. The molecule has 1 amide bonds. The summed E-state index contributed by atoms with van der Waals surface area (Å²) in [5.41, 5.74) is 0.792. The Bertz CT molecular complexity index is 725. The van der Waals surface area contributed by atoms with Crippen molar-refractivity contribution in [2.24, 2.45) is 0 Å². The Morgan fingerprint density at radius 3 is 2.23 bits per heavy atom. The molecule has 0 bridgehead atoms. The largest absolute Gasteiger partial charge is 0.506 e. The van der Waals surface area contributed by atoms with Crippen molar-refractivity contribution in [1.82, 2.24) is 0 Å². The lowest BCUT2D eigenvalue weighted by molar-refractivity contribution is -0.139. The van der Waals surface area contributed by atoms with E-state index in [0.717, 1.165) is 0 Å². The number of phenols is 1. The zero-order chi connectivity index (χ0) is 16.1. The summed E-state index contributed by atoms with van der Waals surface area (Å²) in [4.78, 5) is 34.0. The van der Waals surface area contributed by atoms with E-state index >= 15 is 0 Å². The maximum atomic E-state index is 12.2. The molecule has 6 nitrogen and oxygen atoms in total. The normalized spacial score (nSPS) is 10.0. The number of carbonyl (C=O) groups excluding carboxylic acids is 2. The summed E-state index contributed by atoms with van der Waals surface area (Å²) < 4.78 is 0. The molecule has 2 rings (SSSR count). The van der Waals surface area contributed by atoms with Crippen LogP contribution in [-0.2, 0) is 9.59 Å². The first-order chi connectivity index (χ1) is 10.5. The molecule has 2 aromatic carbocycles. The van der Waals surface area contributed by atoms with Crippen molar-refractivity contribution in [2.75, 3.05) is 5.32 Å². The molecule has 0 aromatic heterocycles. The van der Waals surface area contributed by atoms with Gasteiger partial charge in [0.1, 0.15) is 12.2 Å². The van der Waals surface area contributed by atoms with Crippen LogP contribution < -0.4 is 5.32 Å². The highest BCUT2D eigenvalue weighted by atomic mass is 16.4. The lowest BCUT2D eigenvalue weighted by Gasteiger charge is -2.08. The summed E-state index contributed by atoms with van der Waals surface area (Å²) in [6, 6.07) is 12.6. The standard InChI is InChI=1S/C16H13NO5/c18-13-8-11(16(22)10-4-2-1-3-5-10)6-7-12(13)17-14(19)9-15(20)21/h1-8,18H,9H2,(H,17,19)(H,20,21). The van der Waals surface area contributed by atoms with E-state index in [1.54, 1.807) is 30.3 Å². The molecule has 0 fully saturated rings. The minimum absolute atomic E-state index is 0.0517. The minimum Gasteiger partial charge on any atom is -0.506 e. The Morgan fingerprint density at radius 2 is 1.64 bits per heavy atom. The van der Waals surface area contributed by atoms with Gasteiger partial charge in [-0.15, -0.1) is 0 Å². The first kappa shape index (κ1) is 15.2. The molecule has 0 atom stereocenters. The number of ketones is 1. The van der Waals surface area contributed by atoms with E-state index in [-0.39, 0.29) is 22.8 Å². The van der Waals surface area contributed by atoms with Gasteiger partial charge in [-0.3, -0.25) is 14.4 Å². The predicted octanol–water partition coefficient (Wildman–Crippen LogP) is 2.04. The van der Waals surface area contributed by atoms with Crippen LogP contribution >= 0.6 is 0 Å². The molecule has 0 heterocycles. The number of anilines is 1. The number of carboxylic acids is 1. The van der Waals surface area contributed by atoms with Crippen LogP contribution in [0.3, 0.4) is 0 Å². The van der Waals surface area contributed by atoms with Gasteiger partial charge in [0.15, 0.2) is 5.78 Å². The molecule has 0 unspecified atom stereocenters. The lowest BCUT2D eigenvalue weighted by atomic mass is 10.0. The zero-order valence-electron chi connectivity index (χ0n) is 11.4. The second-order valence-electron chi connectivity index (χ2n) is 4.55. The van der Waals surface area contributed by atoms with Crippen LogP contribution in [0.2, 0.25) is 0 Å². The number of hydrogen-bond acceptors (Lipinski definition) is 4. The average molecular weight is 299 g/mol. The van der Waals surface area contributed by atoms with Gasteiger partial charge in [0.2, 0.25) is 5.91 Å². The summed E-state index contributed by atoms with van der Waals surface area (Å²) in [7, 11) is 0. The number of nitrogens with one attached hydrogen (secondary N) is 1. The number of amides is 1. The fraction of sp³-hybridized carbons (Fsp3) is 0.0625. The summed E-state index contributed by atoms with van der Waals surface area (Å²) in [5.74, 6) is -2.60. The predicted molar refractivity (Wildman–Crippen MR) is 78.9 cm³/mol. The highest BCUT2D eigenvalue weighted by Gasteiger charge is 2.14. The van der Waals surface area contributed by atoms with Gasteiger partial charge in [-0.25, -0.2) is 0 Å². The smallest absolute Gasteiger partial charge is 0.312 e. The Kier molecular flexibility index (Phi) is 4.53. The summed E-state index contributed by atoms with van der Waals surface area (Å²) in [6.07, 6.45) is -0.704. The molecule has 112 valence electrons. The average Bonchev–Trinajstić information content (AvgIpc) is 2.48. The van der Waals surface area contributed by atoms with E-state index in [1.165, 1.54) is 18.2 Å². The van der Waals surface area contributed by atoms with Gasteiger partial charge in [0.05, 0.1) is 5.69 Å². The molecule has 2 aromatic rings. The second-order valence-corrected chi connectivity index (χ2v) is 4.55. The molecule has 0 saturated heterocycles. The molecule has 22 heavy (non-hydrogen) atoms. The Hall–Kier alpha value is -3.15.